The Morgan fingerprint density at radius 2 is 1.39 bits per heavy atom. The second-order valence-electron chi connectivity index (χ2n) is 8.91. The van der Waals surface area contributed by atoms with Crippen molar-refractivity contribution < 1.29 is 9.59 Å². The quantitative estimate of drug-likeness (QED) is 0.644. The van der Waals surface area contributed by atoms with Crippen LogP contribution in [0.25, 0.3) is 0 Å². The monoisotopic (exact) mass is 372 g/mol. The van der Waals surface area contributed by atoms with Crippen molar-refractivity contribution in [2.75, 3.05) is 21.1 Å². The van der Waals surface area contributed by atoms with E-state index in [9.17, 15) is 5.11 Å². The van der Waals surface area contributed by atoms with Crippen molar-refractivity contribution in [3.63, 3.8) is 0 Å². The predicted octanol–water partition coefficient (Wildman–Crippen LogP) is 4.93. The Morgan fingerprint density at radius 3 is 2.04 bits per heavy atom. The summed E-state index contributed by atoms with van der Waals surface area (Å²) in [5.41, 5.74) is 3.59. The fraction of sp³-hybridized carbons (Fsp3) is 0.308. The summed E-state index contributed by atoms with van der Waals surface area (Å²) < 4.78 is 0.770. The van der Waals surface area contributed by atoms with E-state index in [0.717, 1.165) is 28.5 Å². The van der Waals surface area contributed by atoms with E-state index < -0.39 is 5.60 Å². The van der Waals surface area contributed by atoms with Gasteiger partial charge in [-0.1, -0.05) is 84.9 Å². The molecule has 0 saturated carbocycles. The molecule has 0 saturated heterocycles. The summed E-state index contributed by atoms with van der Waals surface area (Å²) in [7, 11) is 6.72. The van der Waals surface area contributed by atoms with Gasteiger partial charge in [0, 0.05) is 5.56 Å². The number of hydrogen-bond acceptors (Lipinski definition) is 1. The Hall–Kier alpha value is -2.42. The van der Waals surface area contributed by atoms with Gasteiger partial charge in [0.05, 0.1) is 27.1 Å². The number of aliphatic hydroxyl groups is 1. The second-order valence-corrected chi connectivity index (χ2v) is 8.91. The van der Waals surface area contributed by atoms with Gasteiger partial charge in [0.15, 0.2) is 0 Å². The third kappa shape index (κ3) is 3.17. The smallest absolute Gasteiger partial charge is 0.124 e. The molecule has 28 heavy (non-hydrogen) atoms. The van der Waals surface area contributed by atoms with Gasteiger partial charge in [-0.05, 0) is 29.5 Å². The van der Waals surface area contributed by atoms with Crippen molar-refractivity contribution in [3.8, 4) is 0 Å². The first-order valence-electron chi connectivity index (χ1n) is 10.1. The van der Waals surface area contributed by atoms with Gasteiger partial charge in [0.25, 0.3) is 0 Å². The average Bonchev–Trinajstić information content (AvgIpc) is 2.71. The minimum atomic E-state index is -1.01. The number of rotatable bonds is 4. The van der Waals surface area contributed by atoms with E-state index in [0.29, 0.717) is 0 Å². The van der Waals surface area contributed by atoms with E-state index in [-0.39, 0.29) is 12.0 Å². The Bertz CT molecular complexity index is 929. The van der Waals surface area contributed by atoms with E-state index in [1.165, 1.54) is 11.1 Å². The Labute approximate surface area is 168 Å². The molecule has 0 unspecified atom stereocenters. The molecule has 2 heteroatoms. The lowest BCUT2D eigenvalue weighted by molar-refractivity contribution is -0.908. The number of benzene rings is 3. The number of hydrogen-bond donors (Lipinski definition) is 1. The molecule has 0 fully saturated rings. The second kappa shape index (κ2) is 7.20. The topological polar surface area (TPSA) is 20.2 Å². The highest BCUT2D eigenvalue weighted by atomic mass is 16.3. The van der Waals surface area contributed by atoms with Gasteiger partial charge in [0.1, 0.15) is 11.6 Å². The molecule has 1 aliphatic carbocycles. The lowest BCUT2D eigenvalue weighted by atomic mass is 9.64. The third-order valence-corrected chi connectivity index (χ3v) is 6.26. The molecule has 3 atom stereocenters. The van der Waals surface area contributed by atoms with Crippen molar-refractivity contribution in [1.29, 1.82) is 0 Å². The lowest BCUT2D eigenvalue weighted by Crippen LogP contribution is -2.52. The minimum Gasteiger partial charge on any atom is -0.380 e. The van der Waals surface area contributed by atoms with Crippen molar-refractivity contribution >= 4 is 0 Å². The fourth-order valence-electron chi connectivity index (χ4n) is 5.15. The van der Waals surface area contributed by atoms with Crippen LogP contribution in [0.2, 0.25) is 0 Å². The van der Waals surface area contributed by atoms with Crippen LogP contribution in [0.1, 0.15) is 34.7 Å². The van der Waals surface area contributed by atoms with Gasteiger partial charge in [-0.3, -0.25) is 0 Å². The van der Waals surface area contributed by atoms with Crippen LogP contribution in [-0.2, 0) is 12.0 Å². The molecule has 3 aromatic rings. The summed E-state index contributed by atoms with van der Waals surface area (Å²) in [5.74, 6) is 0.0761. The third-order valence-electron chi connectivity index (χ3n) is 6.26. The van der Waals surface area contributed by atoms with Crippen LogP contribution < -0.4 is 0 Å². The maximum Gasteiger partial charge on any atom is 0.124 e. The van der Waals surface area contributed by atoms with Gasteiger partial charge in [0.2, 0.25) is 0 Å². The van der Waals surface area contributed by atoms with E-state index in [1.54, 1.807) is 0 Å². The van der Waals surface area contributed by atoms with Crippen LogP contribution in [0, 0.1) is 5.92 Å². The molecule has 4 rings (SSSR count). The van der Waals surface area contributed by atoms with Crippen molar-refractivity contribution in [2.24, 2.45) is 5.92 Å². The highest BCUT2D eigenvalue weighted by molar-refractivity contribution is 5.45. The molecule has 0 spiro atoms. The maximum atomic E-state index is 12.4. The van der Waals surface area contributed by atoms with Gasteiger partial charge in [-0.15, -0.1) is 0 Å². The molecular formula is C26H30NO+. The van der Waals surface area contributed by atoms with Crippen molar-refractivity contribution in [2.45, 2.75) is 24.5 Å². The summed E-state index contributed by atoms with van der Waals surface area (Å²) in [6.07, 6.45) is 1.96. The standard InChI is InChI=1S/C26H30NO/c1-27(2,3)25(21-13-6-4-7-14-21)24-19-18-20-12-10-11-17-23(20)26(24,28)22-15-8-5-9-16-22/h4-17,24-25,28H,18-19H2,1-3H3/q+1/t24-,25-,26+/m1/s1. The Balaban J connectivity index is 1.94. The number of nitrogens with zero attached hydrogens (tertiary/aromatic N) is 1. The molecule has 0 aliphatic heterocycles. The summed E-state index contributed by atoms with van der Waals surface area (Å²) in [6.45, 7) is 0. The molecule has 0 heterocycles. The average molecular weight is 373 g/mol. The van der Waals surface area contributed by atoms with Crippen LogP contribution in [0.3, 0.4) is 0 Å². The Kier molecular flexibility index (Phi) is 4.86. The SMILES string of the molecule is C[N+](C)(C)[C@H](c1ccccc1)[C@H]1CCc2ccccc2[C@@]1(O)c1ccccc1. The molecule has 0 amide bonds. The van der Waals surface area contributed by atoms with E-state index >= 15 is 0 Å². The van der Waals surface area contributed by atoms with Gasteiger partial charge in [-0.2, -0.15) is 0 Å². The van der Waals surface area contributed by atoms with Crippen molar-refractivity contribution in [1.82, 2.24) is 0 Å². The van der Waals surface area contributed by atoms with Crippen LogP contribution in [-0.4, -0.2) is 30.7 Å². The number of quaternary nitrogens is 1. The first-order valence-corrected chi connectivity index (χ1v) is 10.1. The van der Waals surface area contributed by atoms with E-state index in [2.05, 4.69) is 87.9 Å². The molecular weight excluding hydrogens is 342 g/mol. The van der Waals surface area contributed by atoms with Gasteiger partial charge < -0.3 is 9.59 Å². The first kappa shape index (κ1) is 18.9. The largest absolute Gasteiger partial charge is 0.380 e. The molecule has 1 N–H and O–H groups in total. The normalized spacial score (nSPS) is 23.1. The molecule has 144 valence electrons. The molecule has 1 aliphatic rings. The van der Waals surface area contributed by atoms with Gasteiger partial charge in [-0.25, -0.2) is 0 Å². The van der Waals surface area contributed by atoms with E-state index in [4.69, 9.17) is 0 Å². The first-order chi connectivity index (χ1) is 13.4. The molecule has 3 aromatic carbocycles. The Morgan fingerprint density at radius 1 is 0.821 bits per heavy atom. The lowest BCUT2D eigenvalue weighted by Gasteiger charge is -2.49. The van der Waals surface area contributed by atoms with Gasteiger partial charge >= 0.3 is 0 Å². The number of aryl methyl sites for hydroxylation is 1. The van der Waals surface area contributed by atoms with Crippen LogP contribution in [0.5, 0.6) is 0 Å². The predicted molar refractivity (Wildman–Crippen MR) is 115 cm³/mol. The summed E-state index contributed by atoms with van der Waals surface area (Å²) in [4.78, 5) is 0. The zero-order chi connectivity index (χ0) is 19.8. The minimum absolute atomic E-state index is 0.0761. The summed E-state index contributed by atoms with van der Waals surface area (Å²) in [6, 6.07) is 29.5. The molecule has 0 radical (unpaired) electrons. The molecule has 2 nitrogen and oxygen atoms in total. The summed E-state index contributed by atoms with van der Waals surface area (Å²) >= 11 is 0. The molecule has 0 bridgehead atoms. The van der Waals surface area contributed by atoms with Crippen molar-refractivity contribution in [3.05, 3.63) is 107 Å². The zero-order valence-corrected chi connectivity index (χ0v) is 17.0. The highest BCUT2D eigenvalue weighted by Gasteiger charge is 2.51. The van der Waals surface area contributed by atoms with Crippen LogP contribution in [0.15, 0.2) is 84.9 Å². The molecule has 0 aromatic heterocycles. The zero-order valence-electron chi connectivity index (χ0n) is 17.0. The highest BCUT2D eigenvalue weighted by Crippen LogP contribution is 2.51. The fourth-order valence-corrected chi connectivity index (χ4v) is 5.15. The summed E-state index contributed by atoms with van der Waals surface area (Å²) in [5, 5.41) is 12.4. The maximum absolute atomic E-state index is 12.4. The van der Waals surface area contributed by atoms with Crippen LogP contribution >= 0.6 is 0 Å². The van der Waals surface area contributed by atoms with Crippen LogP contribution in [0.4, 0.5) is 0 Å². The van der Waals surface area contributed by atoms with E-state index in [1.807, 2.05) is 18.2 Å². The number of fused-ring (bicyclic) bond motifs is 1.